The van der Waals surface area contributed by atoms with Crippen LogP contribution < -0.4 is 0 Å². The Labute approximate surface area is 72.7 Å². The largest absolute Gasteiger partial charge is 0.433 e. The fraction of sp³-hybridized carbons (Fsp3) is 0.875. The molecule has 12 heavy (non-hydrogen) atoms. The van der Waals surface area contributed by atoms with Crippen LogP contribution in [0.3, 0.4) is 0 Å². The molecule has 0 bridgehead atoms. The molecule has 4 nitrogen and oxygen atoms in total. The molecule has 0 heterocycles. The van der Waals surface area contributed by atoms with Gasteiger partial charge in [0.15, 0.2) is 0 Å². The lowest BCUT2D eigenvalue weighted by atomic mass is 10.2. The number of ether oxygens (including phenoxy) is 1. The van der Waals surface area contributed by atoms with Crippen LogP contribution >= 0.6 is 0 Å². The topological polar surface area (TPSA) is 44.8 Å². The van der Waals surface area contributed by atoms with E-state index in [0.717, 1.165) is 0 Å². The van der Waals surface area contributed by atoms with Gasteiger partial charge in [-0.15, -0.1) is 0 Å². The smallest absolute Gasteiger partial charge is 0.305 e. The second-order valence-electron chi connectivity index (χ2n) is 3.47. The summed E-state index contributed by atoms with van der Waals surface area (Å²) in [5.41, 5.74) is -0.394. The minimum Gasteiger partial charge on any atom is -0.433 e. The van der Waals surface area contributed by atoms with Crippen molar-refractivity contribution < 1.29 is 19.3 Å². The zero-order valence-corrected chi connectivity index (χ0v) is 8.21. The Hall–Kier alpha value is -0.610. The van der Waals surface area contributed by atoms with Gasteiger partial charge in [-0.25, -0.2) is 4.89 Å². The van der Waals surface area contributed by atoms with Crippen LogP contribution in [0.25, 0.3) is 0 Å². The van der Waals surface area contributed by atoms with E-state index in [1.165, 1.54) is 6.92 Å². The molecule has 0 aliphatic carbocycles. The van der Waals surface area contributed by atoms with Crippen LogP contribution in [0.5, 0.6) is 0 Å². The highest BCUT2D eigenvalue weighted by molar-refractivity contribution is 5.65. The number of hydrogen-bond donors (Lipinski definition) is 0. The summed E-state index contributed by atoms with van der Waals surface area (Å²) in [6.45, 7) is 8.43. The zero-order chi connectivity index (χ0) is 9.78. The highest BCUT2D eigenvalue weighted by atomic mass is 17.2. The Morgan fingerprint density at radius 2 is 1.83 bits per heavy atom. The molecule has 0 spiro atoms. The number of carbonyl (C=O) groups excluding carboxylic acids is 1. The summed E-state index contributed by atoms with van der Waals surface area (Å²) in [4.78, 5) is 20.1. The van der Waals surface area contributed by atoms with E-state index in [9.17, 15) is 4.79 Å². The molecule has 1 atom stereocenters. The standard InChI is InChI=1S/C8H16O4/c1-6(9)10-7(2)11-12-8(3,4)5/h7H,1-5H3/t7-/m1/s1. The van der Waals surface area contributed by atoms with Gasteiger partial charge in [-0.05, 0) is 20.8 Å². The summed E-state index contributed by atoms with van der Waals surface area (Å²) in [6.07, 6.45) is -0.665. The summed E-state index contributed by atoms with van der Waals surface area (Å²) in [5, 5.41) is 0. The van der Waals surface area contributed by atoms with Gasteiger partial charge in [-0.1, -0.05) is 0 Å². The number of hydrogen-bond acceptors (Lipinski definition) is 4. The summed E-state index contributed by atoms with van der Waals surface area (Å²) < 4.78 is 4.66. The van der Waals surface area contributed by atoms with Crippen LogP contribution in [0.2, 0.25) is 0 Å². The molecule has 0 unspecified atom stereocenters. The van der Waals surface area contributed by atoms with Crippen molar-refractivity contribution in [2.45, 2.75) is 46.5 Å². The van der Waals surface area contributed by atoms with Crippen molar-refractivity contribution in [2.24, 2.45) is 0 Å². The third-order valence-corrected chi connectivity index (χ3v) is 0.766. The molecule has 4 heteroatoms. The van der Waals surface area contributed by atoms with Crippen molar-refractivity contribution in [3.05, 3.63) is 0 Å². The van der Waals surface area contributed by atoms with Crippen molar-refractivity contribution in [1.82, 2.24) is 0 Å². The lowest BCUT2D eigenvalue weighted by molar-refractivity contribution is -0.404. The van der Waals surface area contributed by atoms with E-state index in [1.807, 2.05) is 20.8 Å². The van der Waals surface area contributed by atoms with Gasteiger partial charge in [-0.2, -0.15) is 4.89 Å². The molecule has 0 fully saturated rings. The van der Waals surface area contributed by atoms with Gasteiger partial charge in [0, 0.05) is 13.8 Å². The highest BCUT2D eigenvalue weighted by Crippen LogP contribution is 2.09. The maximum absolute atomic E-state index is 10.4. The normalized spacial score (nSPS) is 14.1. The number of esters is 1. The molecule has 0 amide bonds. The van der Waals surface area contributed by atoms with Crippen LogP contribution in [0, 0.1) is 0 Å². The second kappa shape index (κ2) is 4.42. The first-order valence-electron chi connectivity index (χ1n) is 3.83. The predicted octanol–water partition coefficient (Wildman–Crippen LogP) is 1.64. The van der Waals surface area contributed by atoms with Crippen LogP contribution in [0.15, 0.2) is 0 Å². The summed E-state index contributed by atoms with van der Waals surface area (Å²) in [7, 11) is 0. The molecule has 0 aromatic rings. The summed E-state index contributed by atoms with van der Waals surface area (Å²) in [5.74, 6) is -0.389. The Balaban J connectivity index is 3.57. The highest BCUT2D eigenvalue weighted by Gasteiger charge is 2.15. The number of carbonyl (C=O) groups is 1. The van der Waals surface area contributed by atoms with Crippen molar-refractivity contribution in [3.8, 4) is 0 Å². The van der Waals surface area contributed by atoms with Gasteiger partial charge in [-0.3, -0.25) is 4.79 Å². The van der Waals surface area contributed by atoms with Gasteiger partial charge >= 0.3 is 5.97 Å². The lowest BCUT2D eigenvalue weighted by Crippen LogP contribution is -2.25. The Morgan fingerprint density at radius 3 is 2.17 bits per heavy atom. The van der Waals surface area contributed by atoms with Crippen molar-refractivity contribution in [2.75, 3.05) is 0 Å². The zero-order valence-electron chi connectivity index (χ0n) is 8.21. The molecule has 0 rings (SSSR count). The van der Waals surface area contributed by atoms with E-state index < -0.39 is 11.9 Å². The quantitative estimate of drug-likeness (QED) is 0.284. The van der Waals surface area contributed by atoms with E-state index >= 15 is 0 Å². The van der Waals surface area contributed by atoms with E-state index in [1.54, 1.807) is 6.92 Å². The van der Waals surface area contributed by atoms with Crippen LogP contribution in [-0.2, 0) is 19.3 Å². The minimum absolute atomic E-state index is 0.389. The molecule has 0 saturated heterocycles. The molecule has 0 aromatic carbocycles. The molecule has 0 aliphatic rings. The average molecular weight is 176 g/mol. The fourth-order valence-electron chi connectivity index (χ4n) is 0.465. The SMILES string of the molecule is CC(=O)O[C@@H](C)OOC(C)(C)C. The van der Waals surface area contributed by atoms with E-state index in [4.69, 9.17) is 9.78 Å². The number of rotatable bonds is 3. The van der Waals surface area contributed by atoms with Gasteiger partial charge in [0.2, 0.25) is 6.29 Å². The molecule has 0 N–H and O–H groups in total. The van der Waals surface area contributed by atoms with Crippen LogP contribution in [-0.4, -0.2) is 17.9 Å². The maximum atomic E-state index is 10.4. The first-order valence-corrected chi connectivity index (χ1v) is 3.83. The van der Waals surface area contributed by atoms with Crippen molar-refractivity contribution in [1.29, 1.82) is 0 Å². The van der Waals surface area contributed by atoms with E-state index in [0.29, 0.717) is 0 Å². The van der Waals surface area contributed by atoms with Crippen molar-refractivity contribution in [3.63, 3.8) is 0 Å². The molecule has 0 aliphatic heterocycles. The first-order chi connectivity index (χ1) is 5.31. The van der Waals surface area contributed by atoms with Crippen LogP contribution in [0.1, 0.15) is 34.6 Å². The Kier molecular flexibility index (Phi) is 4.20. The van der Waals surface area contributed by atoms with E-state index in [2.05, 4.69) is 4.74 Å². The molecule has 72 valence electrons. The summed E-state index contributed by atoms with van der Waals surface area (Å²) >= 11 is 0. The summed E-state index contributed by atoms with van der Waals surface area (Å²) in [6, 6.07) is 0. The van der Waals surface area contributed by atoms with E-state index in [-0.39, 0.29) is 5.97 Å². The third-order valence-electron chi connectivity index (χ3n) is 0.766. The molecule has 0 saturated carbocycles. The molecule has 0 radical (unpaired) electrons. The minimum atomic E-state index is -0.665. The van der Waals surface area contributed by atoms with Gasteiger partial charge in [0.25, 0.3) is 0 Å². The maximum Gasteiger partial charge on any atom is 0.305 e. The Morgan fingerprint density at radius 1 is 1.33 bits per heavy atom. The fourth-order valence-corrected chi connectivity index (χ4v) is 0.465. The molecule has 0 aromatic heterocycles. The van der Waals surface area contributed by atoms with Crippen LogP contribution in [0.4, 0.5) is 0 Å². The van der Waals surface area contributed by atoms with Gasteiger partial charge in [0.1, 0.15) is 0 Å². The predicted molar refractivity (Wildman–Crippen MR) is 43.2 cm³/mol. The average Bonchev–Trinajstić information content (AvgIpc) is 1.80. The molecular weight excluding hydrogens is 160 g/mol. The first kappa shape index (κ1) is 11.4. The third kappa shape index (κ3) is 7.50. The van der Waals surface area contributed by atoms with Gasteiger partial charge < -0.3 is 4.74 Å². The lowest BCUT2D eigenvalue weighted by Gasteiger charge is -2.20. The molecular formula is C8H16O4. The monoisotopic (exact) mass is 176 g/mol. The van der Waals surface area contributed by atoms with Gasteiger partial charge in [0.05, 0.1) is 5.60 Å². The second-order valence-corrected chi connectivity index (χ2v) is 3.47. The van der Waals surface area contributed by atoms with Crippen molar-refractivity contribution >= 4 is 5.97 Å². The Bertz CT molecular complexity index is 148.